The van der Waals surface area contributed by atoms with Crippen LogP contribution in [0, 0.1) is 23.7 Å². The Morgan fingerprint density at radius 3 is 2.58 bits per heavy atom. The van der Waals surface area contributed by atoms with E-state index in [0.717, 1.165) is 6.26 Å². The molecule has 0 radical (unpaired) electrons. The first kappa shape index (κ1) is 17.2. The number of thiazole rings is 1. The van der Waals surface area contributed by atoms with Crippen molar-refractivity contribution in [3.63, 3.8) is 0 Å². The molecule has 0 saturated heterocycles. The summed E-state index contributed by atoms with van der Waals surface area (Å²) in [7, 11) is -3.33. The highest BCUT2D eigenvalue weighted by Gasteiger charge is 2.51. The maximum absolute atomic E-state index is 12.7. The minimum absolute atomic E-state index is 0.0627. The lowest BCUT2D eigenvalue weighted by Gasteiger charge is -2.23. The van der Waals surface area contributed by atoms with Gasteiger partial charge in [0.1, 0.15) is 0 Å². The van der Waals surface area contributed by atoms with E-state index in [9.17, 15) is 23.1 Å². The molecular weight excluding hydrogens is 376 g/mol. The molecule has 2 bridgehead atoms. The van der Waals surface area contributed by atoms with Crippen molar-refractivity contribution in [2.24, 2.45) is 23.7 Å². The lowest BCUT2D eigenvalue weighted by atomic mass is 9.82. The van der Waals surface area contributed by atoms with Crippen LogP contribution in [0.5, 0.6) is 0 Å². The Kier molecular flexibility index (Phi) is 3.89. The van der Waals surface area contributed by atoms with Gasteiger partial charge in [0.25, 0.3) is 0 Å². The molecule has 136 valence electrons. The van der Waals surface area contributed by atoms with E-state index in [2.05, 4.69) is 10.3 Å². The van der Waals surface area contributed by atoms with Gasteiger partial charge < -0.3 is 10.4 Å². The zero-order valence-corrected chi connectivity index (χ0v) is 15.4. The van der Waals surface area contributed by atoms with Gasteiger partial charge in [-0.15, -0.1) is 0 Å². The molecule has 4 rings (SSSR count). The minimum atomic E-state index is -3.33. The Bertz CT molecular complexity index is 1060. The molecule has 1 aromatic carbocycles. The van der Waals surface area contributed by atoms with Crippen molar-refractivity contribution in [3.8, 4) is 0 Å². The van der Waals surface area contributed by atoms with Crippen LogP contribution in [0.1, 0.15) is 6.42 Å². The number of nitrogens with zero attached hydrogens (tertiary/aromatic N) is 1. The number of aliphatic carboxylic acids is 1. The van der Waals surface area contributed by atoms with E-state index >= 15 is 0 Å². The van der Waals surface area contributed by atoms with Crippen LogP contribution in [0.25, 0.3) is 10.2 Å². The van der Waals surface area contributed by atoms with E-state index in [4.69, 9.17) is 0 Å². The number of fused-ring (bicyclic) bond motifs is 3. The second-order valence-electron chi connectivity index (χ2n) is 6.75. The average molecular weight is 392 g/mol. The summed E-state index contributed by atoms with van der Waals surface area (Å²) >= 11 is 1.17. The van der Waals surface area contributed by atoms with E-state index in [0.29, 0.717) is 21.8 Å². The normalized spacial score (nSPS) is 27.1. The number of carboxylic acids is 1. The third kappa shape index (κ3) is 2.80. The van der Waals surface area contributed by atoms with Crippen LogP contribution in [-0.4, -0.2) is 36.6 Å². The van der Waals surface area contributed by atoms with Crippen molar-refractivity contribution in [2.75, 3.05) is 11.6 Å². The summed E-state index contributed by atoms with van der Waals surface area (Å²) in [5.74, 6) is -2.79. The molecule has 1 heterocycles. The van der Waals surface area contributed by atoms with Gasteiger partial charge in [-0.1, -0.05) is 23.5 Å². The number of sulfone groups is 1. The summed E-state index contributed by atoms with van der Waals surface area (Å²) in [5.41, 5.74) is 0.584. The van der Waals surface area contributed by atoms with E-state index in [1.165, 1.54) is 23.5 Å². The number of rotatable bonds is 4. The van der Waals surface area contributed by atoms with Crippen LogP contribution in [-0.2, 0) is 19.4 Å². The molecule has 9 heteroatoms. The summed E-state index contributed by atoms with van der Waals surface area (Å²) in [5, 5.41) is 12.5. The fourth-order valence-corrected chi connectivity index (χ4v) is 5.52. The summed E-state index contributed by atoms with van der Waals surface area (Å²) in [6, 6.07) is 4.60. The molecule has 1 saturated carbocycles. The quantitative estimate of drug-likeness (QED) is 0.771. The number of hydrogen-bond donors (Lipinski definition) is 2. The number of carbonyl (C=O) groups is 2. The molecule has 2 aliphatic carbocycles. The van der Waals surface area contributed by atoms with Crippen molar-refractivity contribution in [1.82, 2.24) is 4.98 Å². The molecule has 26 heavy (non-hydrogen) atoms. The highest BCUT2D eigenvalue weighted by Crippen LogP contribution is 2.48. The van der Waals surface area contributed by atoms with Crippen LogP contribution in [0.3, 0.4) is 0 Å². The number of carbonyl (C=O) groups excluding carboxylic acids is 1. The van der Waals surface area contributed by atoms with Crippen LogP contribution in [0.15, 0.2) is 35.2 Å². The first-order valence-electron chi connectivity index (χ1n) is 8.06. The smallest absolute Gasteiger partial charge is 0.307 e. The van der Waals surface area contributed by atoms with Crippen molar-refractivity contribution >= 4 is 48.4 Å². The minimum Gasteiger partial charge on any atom is -0.481 e. The predicted molar refractivity (Wildman–Crippen MR) is 96.7 cm³/mol. The molecule has 2 aromatic rings. The van der Waals surface area contributed by atoms with Gasteiger partial charge in [-0.05, 0) is 36.5 Å². The number of allylic oxidation sites excluding steroid dienone is 2. The van der Waals surface area contributed by atoms with Gasteiger partial charge in [0.15, 0.2) is 15.0 Å². The van der Waals surface area contributed by atoms with Gasteiger partial charge in [-0.3, -0.25) is 9.59 Å². The number of carboxylic acid groups (broad SMARTS) is 1. The lowest BCUT2D eigenvalue weighted by Crippen LogP contribution is -2.36. The maximum Gasteiger partial charge on any atom is 0.307 e. The van der Waals surface area contributed by atoms with E-state index < -0.39 is 27.6 Å². The van der Waals surface area contributed by atoms with Gasteiger partial charge in [0, 0.05) is 6.26 Å². The molecule has 7 nitrogen and oxygen atoms in total. The van der Waals surface area contributed by atoms with Crippen LogP contribution in [0.2, 0.25) is 0 Å². The van der Waals surface area contributed by atoms with Crippen molar-refractivity contribution in [2.45, 2.75) is 11.3 Å². The largest absolute Gasteiger partial charge is 0.481 e. The second kappa shape index (κ2) is 5.88. The van der Waals surface area contributed by atoms with E-state index in [-0.39, 0.29) is 22.6 Å². The molecule has 2 N–H and O–H groups in total. The number of aromatic nitrogens is 1. The fraction of sp³-hybridized carbons (Fsp3) is 0.353. The third-order valence-electron chi connectivity index (χ3n) is 5.07. The maximum atomic E-state index is 12.7. The average Bonchev–Trinajstić information content (AvgIpc) is 3.25. The summed E-state index contributed by atoms with van der Waals surface area (Å²) in [6.07, 6.45) is 5.63. The molecule has 4 atom stereocenters. The third-order valence-corrected chi connectivity index (χ3v) is 7.11. The Morgan fingerprint density at radius 2 is 1.92 bits per heavy atom. The van der Waals surface area contributed by atoms with Gasteiger partial charge in [0.2, 0.25) is 5.91 Å². The van der Waals surface area contributed by atoms with Crippen molar-refractivity contribution in [1.29, 1.82) is 0 Å². The standard InChI is InChI=1S/C17H16N2O5S2/c1-26(23,24)10-4-5-11-12(7-10)25-17(18-11)19-15(20)13-8-2-3-9(6-8)14(13)16(21)22/h2-5,7-9,13-14H,6H2,1H3,(H,21,22)(H,18,19,20)/t8-,9+,13+,14+/m1/s1. The van der Waals surface area contributed by atoms with Gasteiger partial charge in [0.05, 0.1) is 26.9 Å². The van der Waals surface area contributed by atoms with E-state index in [1.54, 1.807) is 6.07 Å². The fourth-order valence-electron chi connectivity index (χ4n) is 3.89. The Morgan fingerprint density at radius 1 is 1.23 bits per heavy atom. The number of nitrogens with one attached hydrogen (secondary N) is 1. The molecule has 1 amide bonds. The van der Waals surface area contributed by atoms with Gasteiger partial charge in [-0.25, -0.2) is 13.4 Å². The number of anilines is 1. The highest BCUT2D eigenvalue weighted by atomic mass is 32.2. The van der Waals surface area contributed by atoms with Gasteiger partial charge in [-0.2, -0.15) is 0 Å². The van der Waals surface area contributed by atoms with Crippen LogP contribution >= 0.6 is 11.3 Å². The Labute approximate surface area is 153 Å². The van der Waals surface area contributed by atoms with Crippen LogP contribution < -0.4 is 5.32 Å². The summed E-state index contributed by atoms with van der Waals surface area (Å²) in [6.45, 7) is 0. The zero-order chi connectivity index (χ0) is 18.6. The van der Waals surface area contributed by atoms with E-state index in [1.807, 2.05) is 12.2 Å². The summed E-state index contributed by atoms with van der Waals surface area (Å²) in [4.78, 5) is 28.7. The number of benzene rings is 1. The zero-order valence-electron chi connectivity index (χ0n) is 13.7. The molecular formula is C17H16N2O5S2. The topological polar surface area (TPSA) is 113 Å². The molecule has 0 unspecified atom stereocenters. The summed E-state index contributed by atoms with van der Waals surface area (Å²) < 4.78 is 24.0. The number of amides is 1. The molecule has 1 fully saturated rings. The number of hydrogen-bond acceptors (Lipinski definition) is 6. The molecule has 2 aliphatic rings. The van der Waals surface area contributed by atoms with Crippen molar-refractivity contribution < 1.29 is 23.1 Å². The second-order valence-corrected chi connectivity index (χ2v) is 9.79. The molecule has 1 aromatic heterocycles. The first-order valence-corrected chi connectivity index (χ1v) is 10.8. The lowest BCUT2D eigenvalue weighted by molar-refractivity contribution is -0.146. The highest BCUT2D eigenvalue weighted by molar-refractivity contribution is 7.90. The first-order chi connectivity index (χ1) is 12.2. The predicted octanol–water partition coefficient (Wildman–Crippen LogP) is 2.16. The Hall–Kier alpha value is -2.26. The molecule has 0 spiro atoms. The van der Waals surface area contributed by atoms with Crippen LogP contribution in [0.4, 0.5) is 5.13 Å². The molecule has 0 aliphatic heterocycles. The van der Waals surface area contributed by atoms with Crippen molar-refractivity contribution in [3.05, 3.63) is 30.4 Å². The Balaban J connectivity index is 1.60. The van der Waals surface area contributed by atoms with Gasteiger partial charge >= 0.3 is 5.97 Å². The SMILES string of the molecule is CS(=O)(=O)c1ccc2nc(NC(=O)[C@@H]3[C@@H](C(=O)O)[C@H]4C=C[C@@H]3C4)sc2c1. The monoisotopic (exact) mass is 392 g/mol.